The third kappa shape index (κ3) is 9.95. The highest BCUT2D eigenvalue weighted by atomic mass is 28.4. The Morgan fingerprint density at radius 1 is 1.05 bits per heavy atom. The molecule has 2 aliphatic rings. The van der Waals surface area contributed by atoms with Crippen LogP contribution in [-0.2, 0) is 18.4 Å². The van der Waals surface area contributed by atoms with Gasteiger partial charge in [-0.2, -0.15) is 0 Å². The lowest BCUT2D eigenvalue weighted by atomic mass is 9.89. The molecule has 6 atom stereocenters. The molecule has 2 fully saturated rings. The van der Waals surface area contributed by atoms with Crippen molar-refractivity contribution in [3.63, 3.8) is 0 Å². The third-order valence-corrected chi connectivity index (χ3v) is 19.5. The Bertz CT molecular complexity index is 986. The van der Waals surface area contributed by atoms with Crippen LogP contribution in [0.25, 0.3) is 0 Å². The molecule has 0 aromatic heterocycles. The van der Waals surface area contributed by atoms with Crippen molar-refractivity contribution in [3.05, 3.63) is 23.8 Å². The molecule has 6 heteroatoms. The van der Waals surface area contributed by atoms with E-state index in [1.54, 1.807) is 5.57 Å². The van der Waals surface area contributed by atoms with Gasteiger partial charge in [-0.3, -0.25) is 4.79 Å². The highest BCUT2D eigenvalue weighted by Crippen LogP contribution is 2.53. The van der Waals surface area contributed by atoms with Crippen molar-refractivity contribution >= 4 is 22.6 Å². The molecule has 1 unspecified atom stereocenters. The quantitative estimate of drug-likeness (QED) is 0.0733. The largest absolute Gasteiger partial charge is 0.469 e. The normalized spacial score (nSPS) is 26.1. The van der Waals surface area contributed by atoms with Crippen LogP contribution in [0.4, 0.5) is 0 Å². The molecule has 2 rings (SSSR count). The van der Waals surface area contributed by atoms with Gasteiger partial charge in [0, 0.05) is 18.8 Å². The van der Waals surface area contributed by atoms with Crippen LogP contribution < -0.4 is 0 Å². The Labute approximate surface area is 255 Å². The molecule has 2 aliphatic carbocycles. The van der Waals surface area contributed by atoms with Crippen LogP contribution in [0.3, 0.4) is 0 Å². The highest BCUT2D eigenvalue weighted by molar-refractivity contribution is 6.74. The first-order chi connectivity index (χ1) is 18.8. The number of ether oxygens (including phenoxy) is 1. The first-order valence-corrected chi connectivity index (χ1v) is 21.8. The summed E-state index contributed by atoms with van der Waals surface area (Å²) < 4.78 is 19.0. The van der Waals surface area contributed by atoms with E-state index in [2.05, 4.69) is 105 Å². The maximum Gasteiger partial charge on any atom is 0.305 e. The van der Waals surface area contributed by atoms with Gasteiger partial charge in [0.1, 0.15) is 0 Å². The monoisotopic (exact) mass is 602 g/mol. The molecule has 0 spiro atoms. The first kappa shape index (κ1) is 36.1. The van der Waals surface area contributed by atoms with E-state index in [0.717, 1.165) is 38.5 Å². The molecule has 2 saturated carbocycles. The Hall–Kier alpha value is -1.14. The number of hydrogen-bond donors (Lipinski definition) is 0. The Morgan fingerprint density at radius 2 is 1.68 bits per heavy atom. The van der Waals surface area contributed by atoms with Crippen molar-refractivity contribution in [1.82, 2.24) is 0 Å². The van der Waals surface area contributed by atoms with E-state index >= 15 is 0 Å². The minimum atomic E-state index is -1.96. The number of rotatable bonds is 12. The summed E-state index contributed by atoms with van der Waals surface area (Å²) in [4.78, 5) is 11.5. The zero-order valence-electron chi connectivity index (χ0n) is 28.8. The van der Waals surface area contributed by atoms with E-state index in [1.165, 1.54) is 7.11 Å². The number of unbranched alkanes of at least 4 members (excludes halogenated alkanes) is 1. The lowest BCUT2D eigenvalue weighted by Gasteiger charge is -2.41. The number of hydrogen-bond acceptors (Lipinski definition) is 4. The Balaban J connectivity index is 2.34. The van der Waals surface area contributed by atoms with Gasteiger partial charge in [-0.05, 0) is 93.0 Å². The van der Waals surface area contributed by atoms with Crippen LogP contribution in [0.5, 0.6) is 0 Å². The van der Waals surface area contributed by atoms with E-state index < -0.39 is 16.6 Å². The topological polar surface area (TPSA) is 44.8 Å². The zero-order chi connectivity index (χ0) is 31.2. The molecule has 0 aliphatic heterocycles. The first-order valence-electron chi connectivity index (χ1n) is 16.0. The van der Waals surface area contributed by atoms with Gasteiger partial charge >= 0.3 is 5.97 Å². The van der Waals surface area contributed by atoms with E-state index in [0.29, 0.717) is 30.1 Å². The SMILES string of the molecule is CC#CCC(C)[C@@H](/C=C/[C@@H]1[C@H]2CC(=CCCCC(=O)OC)C[C@H]2C[C@H]1O[Si](C)(C)C(C)(C)C)O[Si](C)(C)C(C)(C)C. The zero-order valence-corrected chi connectivity index (χ0v) is 30.8. The summed E-state index contributed by atoms with van der Waals surface area (Å²) >= 11 is 0. The van der Waals surface area contributed by atoms with Gasteiger partial charge in [0.25, 0.3) is 0 Å². The maximum atomic E-state index is 11.5. The van der Waals surface area contributed by atoms with E-state index in [1.807, 2.05) is 6.92 Å². The van der Waals surface area contributed by atoms with Gasteiger partial charge in [-0.25, -0.2) is 0 Å². The summed E-state index contributed by atoms with van der Waals surface area (Å²) in [6.07, 6.45) is 14.2. The summed E-state index contributed by atoms with van der Waals surface area (Å²) in [7, 11) is -2.40. The third-order valence-electron chi connectivity index (χ3n) is 10.5. The second-order valence-electron chi connectivity index (χ2n) is 15.7. The summed E-state index contributed by atoms with van der Waals surface area (Å²) in [5.74, 6) is 8.28. The lowest BCUT2D eigenvalue weighted by Crippen LogP contribution is -2.45. The summed E-state index contributed by atoms with van der Waals surface area (Å²) in [6, 6.07) is 0. The predicted octanol–water partition coefficient (Wildman–Crippen LogP) is 9.69. The lowest BCUT2D eigenvalue weighted by molar-refractivity contribution is -0.140. The molecule has 0 radical (unpaired) electrons. The molecule has 0 amide bonds. The van der Waals surface area contributed by atoms with Gasteiger partial charge in [0.2, 0.25) is 0 Å². The standard InChI is InChI=1S/C35H62O4Si2/c1-14-15-18-26(2)31(38-40(10,11)34(3,4)5)22-21-29-30-24-27(19-16-17-20-33(36)37-9)23-28(30)25-32(29)39-41(12,13)35(6,7)8/h19,21-22,26,28-32H,16-18,20,23-25H2,1-13H3/b22-21+,27-19?/t26?,28-,29+,30-,31+,32+/m0/s1. The molecular formula is C35H62O4Si2. The van der Waals surface area contributed by atoms with Crippen LogP contribution in [0, 0.1) is 35.5 Å². The summed E-state index contributed by atoms with van der Waals surface area (Å²) in [5.41, 5.74) is 1.56. The van der Waals surface area contributed by atoms with E-state index in [4.69, 9.17) is 13.6 Å². The molecule has 41 heavy (non-hydrogen) atoms. The highest BCUT2D eigenvalue weighted by Gasteiger charge is 2.50. The van der Waals surface area contributed by atoms with Crippen molar-refractivity contribution in [1.29, 1.82) is 0 Å². The maximum absolute atomic E-state index is 11.5. The molecule has 0 bridgehead atoms. The Morgan fingerprint density at radius 3 is 2.24 bits per heavy atom. The van der Waals surface area contributed by atoms with Crippen LogP contribution >= 0.6 is 0 Å². The molecule has 0 saturated heterocycles. The Kier molecular flexibility index (Phi) is 12.8. The fourth-order valence-corrected chi connectivity index (χ4v) is 8.44. The van der Waals surface area contributed by atoms with Crippen molar-refractivity contribution < 1.29 is 18.4 Å². The second-order valence-corrected chi connectivity index (χ2v) is 25.2. The fraction of sp³-hybridized carbons (Fsp3) is 0.800. The van der Waals surface area contributed by atoms with E-state index in [9.17, 15) is 4.79 Å². The van der Waals surface area contributed by atoms with Gasteiger partial charge < -0.3 is 13.6 Å². The molecular weight excluding hydrogens is 541 g/mol. The van der Waals surface area contributed by atoms with Gasteiger partial charge in [-0.15, -0.1) is 11.8 Å². The van der Waals surface area contributed by atoms with Gasteiger partial charge in [0.15, 0.2) is 16.6 Å². The number of methoxy groups -OCH3 is 1. The summed E-state index contributed by atoms with van der Waals surface area (Å²) in [6.45, 7) is 27.7. The molecule has 0 heterocycles. The van der Waals surface area contributed by atoms with Crippen molar-refractivity contribution in [2.75, 3.05) is 7.11 Å². The number of carbonyl (C=O) groups excluding carboxylic acids is 1. The van der Waals surface area contributed by atoms with Crippen LogP contribution in [0.15, 0.2) is 23.8 Å². The smallest absolute Gasteiger partial charge is 0.305 e. The number of carbonyl (C=O) groups is 1. The molecule has 234 valence electrons. The number of fused-ring (bicyclic) bond motifs is 1. The van der Waals surface area contributed by atoms with Crippen LogP contribution in [0.2, 0.25) is 36.3 Å². The number of esters is 1. The van der Waals surface area contributed by atoms with Gasteiger partial charge in [0.05, 0.1) is 19.3 Å². The minimum absolute atomic E-state index is 0.0547. The predicted molar refractivity (Wildman–Crippen MR) is 179 cm³/mol. The van der Waals surface area contributed by atoms with Crippen molar-refractivity contribution in [2.45, 2.75) is 149 Å². The van der Waals surface area contributed by atoms with E-state index in [-0.39, 0.29) is 28.3 Å². The average Bonchev–Trinajstić information content (AvgIpc) is 3.37. The fourth-order valence-electron chi connectivity index (χ4n) is 5.73. The second kappa shape index (κ2) is 14.6. The number of allylic oxidation sites excluding steroid dienone is 2. The average molecular weight is 603 g/mol. The van der Waals surface area contributed by atoms with Crippen LogP contribution in [0.1, 0.15) is 100 Å². The molecule has 0 aromatic rings. The molecule has 0 N–H and O–H groups in total. The molecule has 4 nitrogen and oxygen atoms in total. The molecule has 0 aromatic carbocycles. The minimum Gasteiger partial charge on any atom is -0.469 e. The van der Waals surface area contributed by atoms with Gasteiger partial charge in [-0.1, -0.05) is 72.3 Å². The van der Waals surface area contributed by atoms with Crippen molar-refractivity contribution in [3.8, 4) is 11.8 Å². The summed E-state index contributed by atoms with van der Waals surface area (Å²) in [5, 5.41) is 0.339. The van der Waals surface area contributed by atoms with Crippen LogP contribution in [-0.4, -0.2) is 41.9 Å². The van der Waals surface area contributed by atoms with Crippen molar-refractivity contribution in [2.24, 2.45) is 23.7 Å².